The zero-order valence-electron chi connectivity index (χ0n) is 14.4. The molecule has 120 valence electrons. The maximum absolute atomic E-state index is 2.39. The first-order valence-electron chi connectivity index (χ1n) is 9.34. The molecule has 0 atom stereocenters. The minimum absolute atomic E-state index is 1.19. The average Bonchev–Trinajstić information content (AvgIpc) is 2.51. The Morgan fingerprint density at radius 2 is 1.38 bits per heavy atom. The van der Waals surface area contributed by atoms with Crippen molar-refractivity contribution in [2.45, 2.75) is 97.4 Å². The molecule has 0 amide bonds. The van der Waals surface area contributed by atoms with Gasteiger partial charge in [0.15, 0.2) is 12.4 Å². The van der Waals surface area contributed by atoms with Crippen LogP contribution in [0.5, 0.6) is 0 Å². The van der Waals surface area contributed by atoms with Gasteiger partial charge >= 0.3 is 0 Å². The van der Waals surface area contributed by atoms with Crippen LogP contribution in [0.4, 0.5) is 0 Å². The van der Waals surface area contributed by atoms with Crippen LogP contribution in [0, 0.1) is 0 Å². The third kappa shape index (κ3) is 9.66. The van der Waals surface area contributed by atoms with Gasteiger partial charge in [-0.05, 0) is 25.3 Å². The highest BCUT2D eigenvalue weighted by atomic mass is 14.9. The lowest BCUT2D eigenvalue weighted by atomic mass is 10.1. The summed E-state index contributed by atoms with van der Waals surface area (Å²) >= 11 is 0. The quantitative estimate of drug-likeness (QED) is 0.317. The van der Waals surface area contributed by atoms with E-state index in [0.29, 0.717) is 0 Å². The Morgan fingerprint density at radius 3 is 2.10 bits per heavy atom. The van der Waals surface area contributed by atoms with Crippen molar-refractivity contribution >= 4 is 0 Å². The van der Waals surface area contributed by atoms with E-state index in [1.807, 2.05) is 0 Å². The number of unbranched alkanes of at least 4 members (excludes halogenated alkanes) is 9. The number of nitrogens with zero attached hydrogens (tertiary/aromatic N) is 1. The van der Waals surface area contributed by atoms with Gasteiger partial charge in [0.25, 0.3) is 0 Å². The number of rotatable bonds is 13. The van der Waals surface area contributed by atoms with E-state index in [0.717, 1.165) is 0 Å². The molecule has 0 aliphatic carbocycles. The number of hydrogen-bond acceptors (Lipinski definition) is 0. The number of aryl methyl sites for hydroxylation is 2. The van der Waals surface area contributed by atoms with Crippen molar-refractivity contribution in [1.29, 1.82) is 0 Å². The SMILES string of the molecule is CCCCCCCCC[n+]1cccc(CCCCCC)c1. The lowest BCUT2D eigenvalue weighted by Gasteiger charge is -2.02. The van der Waals surface area contributed by atoms with Gasteiger partial charge in [-0.15, -0.1) is 0 Å². The summed E-state index contributed by atoms with van der Waals surface area (Å²) in [5, 5.41) is 0. The molecule has 0 unspecified atom stereocenters. The van der Waals surface area contributed by atoms with Gasteiger partial charge in [-0.3, -0.25) is 0 Å². The molecule has 1 heterocycles. The first-order chi connectivity index (χ1) is 10.4. The molecule has 0 aliphatic heterocycles. The highest BCUT2D eigenvalue weighted by Gasteiger charge is 2.03. The third-order valence-electron chi connectivity index (χ3n) is 4.26. The fourth-order valence-electron chi connectivity index (χ4n) is 2.87. The summed E-state index contributed by atoms with van der Waals surface area (Å²) in [6.07, 6.45) is 21.0. The molecular formula is C20H36N+. The summed E-state index contributed by atoms with van der Waals surface area (Å²) in [6, 6.07) is 4.50. The zero-order chi connectivity index (χ0) is 15.2. The van der Waals surface area contributed by atoms with Crippen molar-refractivity contribution in [2.75, 3.05) is 0 Å². The fourth-order valence-corrected chi connectivity index (χ4v) is 2.87. The van der Waals surface area contributed by atoms with Crippen molar-refractivity contribution in [3.8, 4) is 0 Å². The average molecular weight is 291 g/mol. The van der Waals surface area contributed by atoms with E-state index < -0.39 is 0 Å². The largest absolute Gasteiger partial charge is 0.205 e. The molecule has 0 N–H and O–H groups in total. The molecule has 0 saturated carbocycles. The van der Waals surface area contributed by atoms with Gasteiger partial charge in [0.05, 0.1) is 0 Å². The Labute approximate surface area is 132 Å². The van der Waals surface area contributed by atoms with Gasteiger partial charge < -0.3 is 0 Å². The molecule has 0 saturated heterocycles. The Bertz CT molecular complexity index is 345. The Balaban J connectivity index is 2.14. The van der Waals surface area contributed by atoms with Crippen LogP contribution in [0.2, 0.25) is 0 Å². The van der Waals surface area contributed by atoms with Crippen LogP contribution < -0.4 is 4.57 Å². The first-order valence-corrected chi connectivity index (χ1v) is 9.34. The van der Waals surface area contributed by atoms with Crippen molar-refractivity contribution in [3.05, 3.63) is 30.1 Å². The maximum Gasteiger partial charge on any atom is 0.171 e. The topological polar surface area (TPSA) is 3.88 Å². The van der Waals surface area contributed by atoms with Gasteiger partial charge in [-0.25, -0.2) is 4.57 Å². The zero-order valence-corrected chi connectivity index (χ0v) is 14.4. The van der Waals surface area contributed by atoms with E-state index >= 15 is 0 Å². The van der Waals surface area contributed by atoms with Crippen molar-refractivity contribution < 1.29 is 4.57 Å². The van der Waals surface area contributed by atoms with E-state index in [2.05, 4.69) is 42.9 Å². The molecule has 0 radical (unpaired) electrons. The molecule has 0 fully saturated rings. The molecule has 0 bridgehead atoms. The van der Waals surface area contributed by atoms with Crippen molar-refractivity contribution in [2.24, 2.45) is 0 Å². The van der Waals surface area contributed by atoms with Crippen molar-refractivity contribution in [1.82, 2.24) is 0 Å². The lowest BCUT2D eigenvalue weighted by Crippen LogP contribution is -2.33. The summed E-state index contributed by atoms with van der Waals surface area (Å²) in [7, 11) is 0. The molecule has 1 heteroatoms. The minimum atomic E-state index is 1.19. The summed E-state index contributed by atoms with van der Waals surface area (Å²) in [5.41, 5.74) is 1.51. The fraction of sp³-hybridized carbons (Fsp3) is 0.750. The van der Waals surface area contributed by atoms with E-state index in [4.69, 9.17) is 0 Å². The van der Waals surface area contributed by atoms with Gasteiger partial charge in [0.1, 0.15) is 6.54 Å². The molecule has 21 heavy (non-hydrogen) atoms. The second-order valence-electron chi connectivity index (χ2n) is 6.38. The van der Waals surface area contributed by atoms with Gasteiger partial charge in [0, 0.05) is 18.1 Å². The van der Waals surface area contributed by atoms with Crippen LogP contribution in [0.15, 0.2) is 24.5 Å². The van der Waals surface area contributed by atoms with Crippen LogP contribution in [0.3, 0.4) is 0 Å². The highest BCUT2D eigenvalue weighted by molar-refractivity contribution is 5.05. The van der Waals surface area contributed by atoms with Crippen molar-refractivity contribution in [3.63, 3.8) is 0 Å². The van der Waals surface area contributed by atoms with Gasteiger partial charge in [0.2, 0.25) is 0 Å². The van der Waals surface area contributed by atoms with Crippen LogP contribution in [-0.4, -0.2) is 0 Å². The number of aromatic nitrogens is 1. The van der Waals surface area contributed by atoms with E-state index in [-0.39, 0.29) is 0 Å². The number of hydrogen-bond donors (Lipinski definition) is 0. The maximum atomic E-state index is 2.39. The standard InChI is InChI=1S/C20H36N/c1-3-5-7-9-10-11-13-17-21-18-14-16-20(19-21)15-12-8-6-4-2/h14,16,18-19H,3-13,15,17H2,1-2H3/q+1. The molecule has 1 aromatic heterocycles. The minimum Gasteiger partial charge on any atom is -0.205 e. The molecule has 1 rings (SSSR count). The molecule has 1 nitrogen and oxygen atoms in total. The Morgan fingerprint density at radius 1 is 0.762 bits per heavy atom. The van der Waals surface area contributed by atoms with E-state index in [1.165, 1.54) is 89.2 Å². The van der Waals surface area contributed by atoms with Crippen LogP contribution in [0.1, 0.15) is 90.0 Å². The molecule has 0 aliphatic rings. The lowest BCUT2D eigenvalue weighted by molar-refractivity contribution is -0.697. The third-order valence-corrected chi connectivity index (χ3v) is 4.26. The molecular weight excluding hydrogens is 254 g/mol. The van der Waals surface area contributed by atoms with Crippen LogP contribution >= 0.6 is 0 Å². The normalized spacial score (nSPS) is 11.0. The predicted molar refractivity (Wildman–Crippen MR) is 92.5 cm³/mol. The number of pyridine rings is 1. The van der Waals surface area contributed by atoms with Gasteiger partial charge in [-0.1, -0.05) is 65.2 Å². The first kappa shape index (κ1) is 18.2. The Kier molecular flexibility index (Phi) is 11.1. The molecule has 0 spiro atoms. The summed E-state index contributed by atoms with van der Waals surface area (Å²) < 4.78 is 2.39. The van der Waals surface area contributed by atoms with E-state index in [9.17, 15) is 0 Å². The monoisotopic (exact) mass is 290 g/mol. The second kappa shape index (κ2) is 12.9. The highest BCUT2D eigenvalue weighted by Crippen LogP contribution is 2.08. The van der Waals surface area contributed by atoms with Crippen LogP contribution in [-0.2, 0) is 13.0 Å². The second-order valence-corrected chi connectivity index (χ2v) is 6.38. The summed E-state index contributed by atoms with van der Waals surface area (Å²) in [5.74, 6) is 0. The smallest absolute Gasteiger partial charge is 0.171 e. The van der Waals surface area contributed by atoms with E-state index in [1.54, 1.807) is 0 Å². The van der Waals surface area contributed by atoms with Gasteiger partial charge in [-0.2, -0.15) is 0 Å². The Hall–Kier alpha value is -0.850. The predicted octanol–water partition coefficient (Wildman–Crippen LogP) is 5.85. The van der Waals surface area contributed by atoms with Crippen LogP contribution in [0.25, 0.3) is 0 Å². The molecule has 0 aromatic carbocycles. The summed E-state index contributed by atoms with van der Waals surface area (Å²) in [6.45, 7) is 5.75. The molecule has 1 aromatic rings. The summed E-state index contributed by atoms with van der Waals surface area (Å²) in [4.78, 5) is 0.